The van der Waals surface area contributed by atoms with Crippen LogP contribution >= 0.6 is 0 Å². The number of carbonyl (C=O) groups is 3. The smallest absolute Gasteiger partial charge is 0.534 e. The fourth-order valence-electron chi connectivity index (χ4n) is 3.72. The lowest BCUT2D eigenvalue weighted by Gasteiger charge is -2.33. The van der Waals surface area contributed by atoms with Gasteiger partial charge in [0.25, 0.3) is 5.91 Å². The number of hydrogen-bond donors (Lipinski definition) is 4. The number of carboxylic acid groups (broad SMARTS) is 1. The highest BCUT2D eigenvalue weighted by Crippen LogP contribution is 2.34. The number of nitrogens with zero attached hydrogens (tertiary/aromatic N) is 1. The number of rotatable bonds is 2. The van der Waals surface area contributed by atoms with Gasteiger partial charge in [0, 0.05) is 6.54 Å². The van der Waals surface area contributed by atoms with E-state index in [4.69, 9.17) is 4.65 Å². The van der Waals surface area contributed by atoms with Gasteiger partial charge in [-0.1, -0.05) is 12.1 Å². The topological polar surface area (TPSA) is 128 Å². The average molecular weight is 345 g/mol. The molecule has 3 aliphatic heterocycles. The number of nitrogens with one attached hydrogen (secondary N) is 2. The first-order valence-electron chi connectivity index (χ1n) is 7.99. The van der Waals surface area contributed by atoms with E-state index in [1.165, 1.54) is 6.07 Å². The Kier molecular flexibility index (Phi) is 3.48. The molecule has 130 valence electrons. The fourth-order valence-corrected chi connectivity index (χ4v) is 3.72. The van der Waals surface area contributed by atoms with E-state index in [1.807, 2.05) is 0 Å². The van der Waals surface area contributed by atoms with E-state index in [0.717, 1.165) is 4.90 Å². The van der Waals surface area contributed by atoms with Crippen LogP contribution < -0.4 is 15.3 Å². The molecule has 4 N–H and O–H groups in total. The Balaban J connectivity index is 1.66. The van der Waals surface area contributed by atoms with Crippen molar-refractivity contribution >= 4 is 25.0 Å². The number of amides is 3. The third-order valence-corrected chi connectivity index (χ3v) is 5.00. The number of urea groups is 1. The van der Waals surface area contributed by atoms with E-state index < -0.39 is 36.5 Å². The molecule has 0 aromatic heterocycles. The minimum Gasteiger partial charge on any atom is -0.534 e. The SMILES string of the molecule is O=C(O)c1cccc2c1OB(O)[C@@H](N1C(=O)NC3(CCNC3)C1=O)C2. The van der Waals surface area contributed by atoms with Gasteiger partial charge in [-0.25, -0.2) is 9.59 Å². The lowest BCUT2D eigenvalue weighted by atomic mass is 9.71. The van der Waals surface area contributed by atoms with Crippen LogP contribution in [0.4, 0.5) is 4.79 Å². The summed E-state index contributed by atoms with van der Waals surface area (Å²) in [6, 6.07) is 4.03. The molecule has 1 unspecified atom stereocenters. The highest BCUT2D eigenvalue weighted by Gasteiger charge is 2.57. The number of aromatic carboxylic acids is 1. The summed E-state index contributed by atoms with van der Waals surface area (Å²) >= 11 is 0. The van der Waals surface area contributed by atoms with Gasteiger partial charge in [0.1, 0.15) is 11.3 Å². The zero-order chi connectivity index (χ0) is 17.8. The van der Waals surface area contributed by atoms with E-state index in [1.54, 1.807) is 12.1 Å². The van der Waals surface area contributed by atoms with E-state index in [2.05, 4.69) is 10.6 Å². The van der Waals surface area contributed by atoms with Gasteiger partial charge >= 0.3 is 19.1 Å². The molecule has 0 saturated carbocycles. The fraction of sp³-hybridized carbons (Fsp3) is 0.400. The van der Waals surface area contributed by atoms with E-state index in [0.29, 0.717) is 25.1 Å². The molecule has 2 saturated heterocycles. The maximum absolute atomic E-state index is 12.8. The predicted octanol–water partition coefficient (Wildman–Crippen LogP) is -1.01. The van der Waals surface area contributed by atoms with Crippen LogP contribution in [-0.2, 0) is 11.2 Å². The highest BCUT2D eigenvalue weighted by molar-refractivity contribution is 6.47. The van der Waals surface area contributed by atoms with Crippen molar-refractivity contribution in [1.29, 1.82) is 0 Å². The van der Waals surface area contributed by atoms with Gasteiger partial charge in [-0.3, -0.25) is 9.69 Å². The molecular formula is C15H16BN3O6. The van der Waals surface area contributed by atoms with Gasteiger partial charge in [-0.05, 0) is 31.0 Å². The summed E-state index contributed by atoms with van der Waals surface area (Å²) in [6.45, 7) is 0.964. The molecule has 25 heavy (non-hydrogen) atoms. The van der Waals surface area contributed by atoms with Gasteiger partial charge in [-0.2, -0.15) is 0 Å². The van der Waals surface area contributed by atoms with Crippen LogP contribution in [0, 0.1) is 0 Å². The lowest BCUT2D eigenvalue weighted by molar-refractivity contribution is -0.131. The molecule has 0 bridgehead atoms. The van der Waals surface area contributed by atoms with Gasteiger partial charge < -0.3 is 25.4 Å². The quantitative estimate of drug-likeness (QED) is 0.399. The average Bonchev–Trinajstić information content (AvgIpc) is 3.12. The molecule has 2 fully saturated rings. The number of imide groups is 1. The Morgan fingerprint density at radius 2 is 2.20 bits per heavy atom. The highest BCUT2D eigenvalue weighted by atomic mass is 16.5. The zero-order valence-corrected chi connectivity index (χ0v) is 13.2. The molecule has 1 aromatic carbocycles. The minimum absolute atomic E-state index is 0.0661. The Hall–Kier alpha value is -2.59. The summed E-state index contributed by atoms with van der Waals surface area (Å²) in [5.74, 6) is -2.41. The van der Waals surface area contributed by atoms with Crippen molar-refractivity contribution in [2.24, 2.45) is 0 Å². The first-order valence-corrected chi connectivity index (χ1v) is 7.99. The van der Waals surface area contributed by atoms with Crippen LogP contribution in [0.15, 0.2) is 18.2 Å². The standard InChI is InChI=1S/C15H16BN3O6/c20-12(21)9-3-1-2-8-6-10(16(24)25-11(8)9)19-13(22)15(18-14(19)23)4-5-17-7-15/h1-3,10,17,24H,4-7H2,(H,18,23)(H,20,21)/t10-,15?/m0/s1. The summed E-state index contributed by atoms with van der Waals surface area (Å²) in [4.78, 5) is 37.5. The predicted molar refractivity (Wildman–Crippen MR) is 85.1 cm³/mol. The van der Waals surface area contributed by atoms with Crippen LogP contribution in [0.25, 0.3) is 0 Å². The Morgan fingerprint density at radius 3 is 2.88 bits per heavy atom. The van der Waals surface area contributed by atoms with Crippen LogP contribution in [0.5, 0.6) is 5.75 Å². The number of carboxylic acids is 1. The minimum atomic E-state index is -1.49. The molecule has 2 atom stereocenters. The van der Waals surface area contributed by atoms with Gasteiger partial charge in [-0.15, -0.1) is 0 Å². The van der Waals surface area contributed by atoms with Crippen molar-refractivity contribution < 1.29 is 29.2 Å². The number of benzene rings is 1. The van der Waals surface area contributed by atoms with Crippen molar-refractivity contribution in [2.45, 2.75) is 24.3 Å². The van der Waals surface area contributed by atoms with Crippen LogP contribution in [0.1, 0.15) is 22.3 Å². The van der Waals surface area contributed by atoms with Crippen LogP contribution in [0.2, 0.25) is 0 Å². The summed E-state index contributed by atoms with van der Waals surface area (Å²) in [7, 11) is -1.49. The first kappa shape index (κ1) is 15.9. The molecule has 4 rings (SSSR count). The molecule has 10 heteroatoms. The Bertz CT molecular complexity index is 779. The van der Waals surface area contributed by atoms with Crippen molar-refractivity contribution in [3.05, 3.63) is 29.3 Å². The molecule has 0 radical (unpaired) electrons. The second-order valence-corrected chi connectivity index (χ2v) is 6.49. The second kappa shape index (κ2) is 5.46. The second-order valence-electron chi connectivity index (χ2n) is 6.49. The Labute approximate surface area is 143 Å². The molecular weight excluding hydrogens is 329 g/mol. The van der Waals surface area contributed by atoms with E-state index >= 15 is 0 Å². The monoisotopic (exact) mass is 345 g/mol. The molecule has 3 amide bonds. The van der Waals surface area contributed by atoms with Crippen molar-refractivity contribution in [3.63, 3.8) is 0 Å². The maximum Gasteiger partial charge on any atom is 0.547 e. The van der Waals surface area contributed by atoms with E-state index in [-0.39, 0.29) is 17.7 Å². The normalized spacial score (nSPS) is 28.1. The maximum atomic E-state index is 12.8. The molecule has 1 aromatic rings. The summed E-state index contributed by atoms with van der Waals surface area (Å²) in [5.41, 5.74) is -0.509. The zero-order valence-electron chi connectivity index (χ0n) is 13.2. The van der Waals surface area contributed by atoms with Crippen molar-refractivity contribution in [3.8, 4) is 5.75 Å². The summed E-state index contributed by atoms with van der Waals surface area (Å²) < 4.78 is 5.38. The lowest BCUT2D eigenvalue weighted by Crippen LogP contribution is -2.57. The first-order chi connectivity index (χ1) is 11.9. The summed E-state index contributed by atoms with van der Waals surface area (Å²) in [6.07, 6.45) is 0.609. The third-order valence-electron chi connectivity index (χ3n) is 5.00. The van der Waals surface area contributed by atoms with Gasteiger partial charge in [0.2, 0.25) is 0 Å². The third kappa shape index (κ3) is 2.29. The van der Waals surface area contributed by atoms with E-state index in [9.17, 15) is 24.5 Å². The molecule has 0 aliphatic carbocycles. The molecule has 3 aliphatic rings. The number of para-hydroxylation sites is 1. The summed E-state index contributed by atoms with van der Waals surface area (Å²) in [5, 5.41) is 25.3. The van der Waals surface area contributed by atoms with Gasteiger partial charge in [0.15, 0.2) is 0 Å². The molecule has 9 nitrogen and oxygen atoms in total. The molecule has 1 spiro atoms. The van der Waals surface area contributed by atoms with Crippen LogP contribution in [0.3, 0.4) is 0 Å². The van der Waals surface area contributed by atoms with Crippen molar-refractivity contribution in [1.82, 2.24) is 15.5 Å². The van der Waals surface area contributed by atoms with Crippen LogP contribution in [-0.4, -0.2) is 64.6 Å². The number of fused-ring (bicyclic) bond motifs is 1. The number of hydrogen-bond acceptors (Lipinski definition) is 6. The van der Waals surface area contributed by atoms with Gasteiger partial charge in [0.05, 0.1) is 11.5 Å². The van der Waals surface area contributed by atoms with Crippen molar-refractivity contribution in [2.75, 3.05) is 13.1 Å². The largest absolute Gasteiger partial charge is 0.547 e. The Morgan fingerprint density at radius 1 is 1.40 bits per heavy atom. The number of carbonyl (C=O) groups excluding carboxylic acids is 2. The molecule has 3 heterocycles.